The molecule has 1 aromatic carbocycles. The number of thiazole rings is 1. The summed E-state index contributed by atoms with van der Waals surface area (Å²) >= 11 is 1.77. The van der Waals surface area contributed by atoms with Crippen LogP contribution in [0.4, 0.5) is 0 Å². The third-order valence-electron chi connectivity index (χ3n) is 3.94. The highest BCUT2D eigenvalue weighted by Crippen LogP contribution is 2.27. The molecule has 0 saturated carbocycles. The maximum absolute atomic E-state index is 9.65. The van der Waals surface area contributed by atoms with Gasteiger partial charge in [0, 0.05) is 29.7 Å². The summed E-state index contributed by atoms with van der Waals surface area (Å²) in [6, 6.07) is 10.3. The SMILES string of the molecule is CC(O)C1CCN(Cc2cnc(-c3ccccc3)s2)C1. The summed E-state index contributed by atoms with van der Waals surface area (Å²) in [4.78, 5) is 8.24. The van der Waals surface area contributed by atoms with Crippen LogP contribution in [0.5, 0.6) is 0 Å². The van der Waals surface area contributed by atoms with Crippen LogP contribution in [0.15, 0.2) is 36.5 Å². The highest BCUT2D eigenvalue weighted by atomic mass is 32.1. The molecule has 1 N–H and O–H groups in total. The Morgan fingerprint density at radius 3 is 2.90 bits per heavy atom. The van der Waals surface area contributed by atoms with Gasteiger partial charge in [-0.2, -0.15) is 0 Å². The van der Waals surface area contributed by atoms with Gasteiger partial charge in [0.05, 0.1) is 6.10 Å². The van der Waals surface area contributed by atoms with Gasteiger partial charge in [0.1, 0.15) is 5.01 Å². The normalized spacial score (nSPS) is 21.2. The predicted octanol–water partition coefficient (Wildman–Crippen LogP) is 3.01. The van der Waals surface area contributed by atoms with Gasteiger partial charge in [0.25, 0.3) is 0 Å². The van der Waals surface area contributed by atoms with Crippen molar-refractivity contribution in [2.75, 3.05) is 13.1 Å². The molecule has 2 aromatic rings. The first-order chi connectivity index (χ1) is 9.72. The van der Waals surface area contributed by atoms with Crippen LogP contribution in [-0.2, 0) is 6.54 Å². The molecule has 0 bridgehead atoms. The van der Waals surface area contributed by atoms with E-state index >= 15 is 0 Å². The zero-order valence-electron chi connectivity index (χ0n) is 11.7. The quantitative estimate of drug-likeness (QED) is 0.939. The minimum atomic E-state index is -0.193. The molecule has 1 aromatic heterocycles. The highest BCUT2D eigenvalue weighted by molar-refractivity contribution is 7.15. The Bertz CT molecular complexity index is 553. The lowest BCUT2D eigenvalue weighted by molar-refractivity contribution is 0.127. The molecule has 1 aliphatic heterocycles. The molecule has 0 aliphatic carbocycles. The monoisotopic (exact) mass is 288 g/mol. The third kappa shape index (κ3) is 3.08. The number of rotatable bonds is 4. The van der Waals surface area contributed by atoms with Crippen LogP contribution in [0.25, 0.3) is 10.6 Å². The maximum Gasteiger partial charge on any atom is 0.123 e. The summed E-state index contributed by atoms with van der Waals surface area (Å²) in [6.45, 7) is 4.92. The van der Waals surface area contributed by atoms with Gasteiger partial charge >= 0.3 is 0 Å². The smallest absolute Gasteiger partial charge is 0.123 e. The lowest BCUT2D eigenvalue weighted by atomic mass is 10.0. The number of likely N-dealkylation sites (tertiary alicyclic amines) is 1. The summed E-state index contributed by atoms with van der Waals surface area (Å²) in [5.74, 6) is 0.427. The highest BCUT2D eigenvalue weighted by Gasteiger charge is 2.26. The molecule has 3 rings (SSSR count). The Morgan fingerprint density at radius 2 is 2.20 bits per heavy atom. The maximum atomic E-state index is 9.65. The third-order valence-corrected chi connectivity index (χ3v) is 4.98. The number of benzene rings is 1. The van der Waals surface area contributed by atoms with E-state index in [1.165, 1.54) is 10.4 Å². The second kappa shape index (κ2) is 6.04. The molecule has 2 atom stereocenters. The van der Waals surface area contributed by atoms with Gasteiger partial charge in [-0.1, -0.05) is 30.3 Å². The van der Waals surface area contributed by atoms with Crippen molar-refractivity contribution in [3.05, 3.63) is 41.4 Å². The standard InChI is InChI=1S/C16H20N2OS/c1-12(19)14-7-8-18(10-14)11-15-9-17-16(20-15)13-5-3-2-4-6-13/h2-6,9,12,14,19H,7-8,10-11H2,1H3. The summed E-state index contributed by atoms with van der Waals surface area (Å²) in [5.41, 5.74) is 1.19. The van der Waals surface area contributed by atoms with Gasteiger partial charge in [-0.15, -0.1) is 11.3 Å². The number of hydrogen-bond donors (Lipinski definition) is 1. The fourth-order valence-electron chi connectivity index (χ4n) is 2.72. The first kappa shape index (κ1) is 13.7. The molecule has 4 heteroatoms. The van der Waals surface area contributed by atoms with Crippen LogP contribution in [0.3, 0.4) is 0 Å². The molecule has 1 aliphatic rings. The van der Waals surface area contributed by atoms with Crippen molar-refractivity contribution >= 4 is 11.3 Å². The lowest BCUT2D eigenvalue weighted by Crippen LogP contribution is -2.23. The summed E-state index contributed by atoms with van der Waals surface area (Å²) in [5, 5.41) is 10.7. The fourth-order valence-corrected chi connectivity index (χ4v) is 3.68. The lowest BCUT2D eigenvalue weighted by Gasteiger charge is -2.16. The molecular weight excluding hydrogens is 268 g/mol. The minimum Gasteiger partial charge on any atom is -0.393 e. The van der Waals surface area contributed by atoms with Gasteiger partial charge in [0.2, 0.25) is 0 Å². The second-order valence-electron chi connectivity index (χ2n) is 5.52. The largest absolute Gasteiger partial charge is 0.393 e. The van der Waals surface area contributed by atoms with Crippen LogP contribution in [0, 0.1) is 5.92 Å². The van der Waals surface area contributed by atoms with E-state index in [1.54, 1.807) is 11.3 Å². The van der Waals surface area contributed by atoms with Crippen molar-refractivity contribution in [3.8, 4) is 10.6 Å². The molecule has 0 spiro atoms. The molecule has 0 radical (unpaired) electrons. The van der Waals surface area contributed by atoms with Crippen molar-refractivity contribution in [3.63, 3.8) is 0 Å². The van der Waals surface area contributed by atoms with Gasteiger partial charge < -0.3 is 5.11 Å². The number of aliphatic hydroxyl groups is 1. The van der Waals surface area contributed by atoms with Crippen LogP contribution >= 0.6 is 11.3 Å². The predicted molar refractivity (Wildman–Crippen MR) is 82.6 cm³/mol. The van der Waals surface area contributed by atoms with Gasteiger partial charge in [-0.05, 0) is 25.8 Å². The molecule has 3 nitrogen and oxygen atoms in total. The Kier molecular flexibility index (Phi) is 4.15. The van der Waals surface area contributed by atoms with E-state index in [-0.39, 0.29) is 6.10 Å². The van der Waals surface area contributed by atoms with Gasteiger partial charge in [0.15, 0.2) is 0 Å². The number of aromatic nitrogens is 1. The average Bonchev–Trinajstić information content (AvgIpc) is 3.10. The fraction of sp³-hybridized carbons (Fsp3) is 0.438. The molecule has 1 saturated heterocycles. The van der Waals surface area contributed by atoms with Crippen LogP contribution in [0.2, 0.25) is 0 Å². The van der Waals surface area contributed by atoms with Crippen LogP contribution in [0.1, 0.15) is 18.2 Å². The van der Waals surface area contributed by atoms with E-state index in [9.17, 15) is 5.11 Å². The minimum absolute atomic E-state index is 0.193. The van der Waals surface area contributed by atoms with Crippen LogP contribution < -0.4 is 0 Å². The van der Waals surface area contributed by atoms with E-state index in [0.717, 1.165) is 31.1 Å². The van der Waals surface area contributed by atoms with E-state index in [2.05, 4.69) is 22.0 Å². The van der Waals surface area contributed by atoms with Crippen LogP contribution in [-0.4, -0.2) is 34.2 Å². The molecule has 0 amide bonds. The average molecular weight is 288 g/mol. The van der Waals surface area contributed by atoms with E-state index in [4.69, 9.17) is 0 Å². The van der Waals surface area contributed by atoms with Crippen molar-refractivity contribution in [2.45, 2.75) is 26.0 Å². The topological polar surface area (TPSA) is 36.4 Å². The number of aliphatic hydroxyl groups excluding tert-OH is 1. The molecule has 2 heterocycles. The van der Waals surface area contributed by atoms with Crippen molar-refractivity contribution in [1.29, 1.82) is 0 Å². The molecular formula is C16H20N2OS. The van der Waals surface area contributed by atoms with E-state index in [1.807, 2.05) is 31.3 Å². The van der Waals surface area contributed by atoms with Gasteiger partial charge in [-0.25, -0.2) is 4.98 Å². The Hall–Kier alpha value is -1.23. The Labute approximate surface area is 123 Å². The number of nitrogens with zero attached hydrogens (tertiary/aromatic N) is 2. The Morgan fingerprint density at radius 1 is 1.40 bits per heavy atom. The summed E-state index contributed by atoms with van der Waals surface area (Å²) in [7, 11) is 0. The summed E-state index contributed by atoms with van der Waals surface area (Å²) < 4.78 is 0. The molecule has 1 fully saturated rings. The molecule has 2 unspecified atom stereocenters. The van der Waals surface area contributed by atoms with Crippen molar-refractivity contribution < 1.29 is 5.11 Å². The molecule has 20 heavy (non-hydrogen) atoms. The van der Waals surface area contributed by atoms with E-state index in [0.29, 0.717) is 5.92 Å². The van der Waals surface area contributed by atoms with E-state index < -0.39 is 0 Å². The van der Waals surface area contributed by atoms with Crippen molar-refractivity contribution in [1.82, 2.24) is 9.88 Å². The first-order valence-corrected chi connectivity index (χ1v) is 7.94. The van der Waals surface area contributed by atoms with Crippen molar-refractivity contribution in [2.24, 2.45) is 5.92 Å². The second-order valence-corrected chi connectivity index (χ2v) is 6.64. The first-order valence-electron chi connectivity index (χ1n) is 7.13. The van der Waals surface area contributed by atoms with Gasteiger partial charge in [-0.3, -0.25) is 4.90 Å². The zero-order chi connectivity index (χ0) is 13.9. The Balaban J connectivity index is 1.64. The number of hydrogen-bond acceptors (Lipinski definition) is 4. The molecule has 106 valence electrons. The zero-order valence-corrected chi connectivity index (χ0v) is 12.5. The summed E-state index contributed by atoms with van der Waals surface area (Å²) in [6.07, 6.45) is 2.89.